The second-order valence-corrected chi connectivity index (χ2v) is 45.9. The van der Waals surface area contributed by atoms with Crippen LogP contribution in [-0.2, 0) is 41.1 Å². The Labute approximate surface area is 803 Å². The van der Waals surface area contributed by atoms with Crippen molar-refractivity contribution in [1.82, 2.24) is 15.0 Å². The minimum absolute atomic E-state index is 0. The molecule has 0 spiro atoms. The number of fused-ring (bicyclic) bond motifs is 12. The van der Waals surface area contributed by atoms with E-state index in [2.05, 4.69) is 95.7 Å². The summed E-state index contributed by atoms with van der Waals surface area (Å²) in [6, 6.07) is 99.1. The molecule has 0 bridgehead atoms. The number of alkyl halides is 17. The van der Waals surface area contributed by atoms with Gasteiger partial charge in [-0.25, -0.2) is 27.5 Å². The molecule has 4 unspecified atom stereocenters. The number of Topliss-reactive ketones (excluding diaryl/α,β-unsaturated/α-hetero) is 1. The minimum atomic E-state index is -6.51. The van der Waals surface area contributed by atoms with E-state index in [9.17, 15) is 76.3 Å². The molecule has 3 heterocycles. The molecule has 15 aromatic rings. The van der Waals surface area contributed by atoms with Gasteiger partial charge < -0.3 is 15.2 Å². The van der Waals surface area contributed by atoms with Gasteiger partial charge >= 0.3 is 88.0 Å². The number of rotatable bonds is 12. The van der Waals surface area contributed by atoms with E-state index in [1.807, 2.05) is 170 Å². The predicted molar refractivity (Wildman–Crippen MR) is 505 cm³/mol. The Kier molecular flexibility index (Phi) is 40.5. The Hall–Kier alpha value is -9.58. The van der Waals surface area contributed by atoms with Crippen LogP contribution in [0.3, 0.4) is 0 Å². The number of carbonyl (C=O) groups is 1. The molecule has 18 rings (SSSR count). The van der Waals surface area contributed by atoms with Crippen LogP contribution < -0.4 is 18.7 Å². The molecule has 132 heavy (non-hydrogen) atoms. The molecule has 3 aliphatic rings. The molecular weight excluding hydrogens is 2270 g/mol. The molecule has 30 heteroatoms. The summed E-state index contributed by atoms with van der Waals surface area (Å²) in [6.45, 7) is -2.48. The molecule has 0 amide bonds. The molecule has 3 N–H and O–H groups in total. The summed E-state index contributed by atoms with van der Waals surface area (Å²) in [5, 5.41) is 31.2. The summed E-state index contributed by atoms with van der Waals surface area (Å²) in [5.41, 5.74) is 9.19. The second-order valence-electron chi connectivity index (χ2n) is 29.2. The number of hydrogen-bond acceptors (Lipinski definition) is 7. The number of pyridine rings is 3. The first-order chi connectivity index (χ1) is 60.5. The van der Waals surface area contributed by atoms with Crippen molar-refractivity contribution in [3.05, 3.63) is 383 Å². The van der Waals surface area contributed by atoms with Gasteiger partial charge in [-0.15, -0.1) is 29.3 Å². The minimum Gasteiger partial charge on any atom is -0.423 e. The van der Waals surface area contributed by atoms with E-state index in [1.165, 1.54) is 61.5 Å². The maximum Gasteiger partial charge on any atom is 0.488 e. The number of para-hydroxylation sites is 3. The Morgan fingerprint density at radius 3 is 1.20 bits per heavy atom. The van der Waals surface area contributed by atoms with Crippen molar-refractivity contribution in [2.75, 3.05) is 26.7 Å². The van der Waals surface area contributed by atoms with Gasteiger partial charge in [-0.3, -0.25) is 9.78 Å². The van der Waals surface area contributed by atoms with Crippen molar-refractivity contribution < 1.29 is 128 Å². The number of aliphatic hydroxyl groups excluding tert-OH is 1. The Bertz CT molecular complexity index is 6280. The normalized spacial score (nSPS) is 15.2. The molecule has 4 atom stereocenters. The van der Waals surface area contributed by atoms with Crippen LogP contribution in [-0.4, -0.2) is 106 Å². The van der Waals surface area contributed by atoms with Crippen LogP contribution in [0.5, 0.6) is 0 Å². The van der Waals surface area contributed by atoms with Crippen molar-refractivity contribution in [2.24, 2.45) is 0 Å². The van der Waals surface area contributed by atoms with Crippen LogP contribution in [0.1, 0.15) is 100 Å². The summed E-state index contributed by atoms with van der Waals surface area (Å²) in [7, 11) is -1.58. The molecule has 1 radical (unpaired) electrons. The fourth-order valence-electron chi connectivity index (χ4n) is 15.8. The smallest absolute Gasteiger partial charge is 0.423 e. The summed E-state index contributed by atoms with van der Waals surface area (Å²) in [5.74, 6) is -12.0. The van der Waals surface area contributed by atoms with Gasteiger partial charge in [0.2, 0.25) is 0 Å². The Morgan fingerprint density at radius 2 is 0.788 bits per heavy atom. The van der Waals surface area contributed by atoms with E-state index in [1.54, 1.807) is 49.4 Å². The molecule has 3 aliphatic carbocycles. The second kappa shape index (κ2) is 48.1. The van der Waals surface area contributed by atoms with Crippen LogP contribution >= 0.6 is 48.8 Å². The zero-order valence-electron chi connectivity index (χ0n) is 67.2. The average molecular weight is 2360 g/mol. The zero-order valence-corrected chi connectivity index (χ0v) is 76.8. The van der Waals surface area contributed by atoms with Crippen molar-refractivity contribution >= 4 is 99.9 Å². The van der Waals surface area contributed by atoms with Gasteiger partial charge in [0, 0.05) is 42.9 Å². The van der Waals surface area contributed by atoms with Crippen LogP contribution in [0.15, 0.2) is 322 Å². The van der Waals surface area contributed by atoms with Crippen molar-refractivity contribution in [1.29, 1.82) is 0 Å². The fraction of sp³-hybridized carbons (Fsp3) is 0.196. The van der Waals surface area contributed by atoms with Crippen molar-refractivity contribution in [2.45, 2.75) is 103 Å². The molecule has 0 saturated heterocycles. The first kappa shape index (κ1) is 111. The van der Waals surface area contributed by atoms with Crippen molar-refractivity contribution in [3.8, 4) is 55.9 Å². The Balaban J connectivity index is 0.000000259. The predicted octanol–water partition coefficient (Wildman–Crippen LogP) is 26.3. The monoisotopic (exact) mass is 2360 g/mol. The average Bonchev–Trinajstić information content (AvgIpc) is 1.49. The first-order valence-corrected chi connectivity index (χ1v) is 51.6. The van der Waals surface area contributed by atoms with Gasteiger partial charge in [-0.05, 0) is 140 Å². The van der Waals surface area contributed by atoms with Gasteiger partial charge in [0.15, 0.2) is 13.3 Å². The van der Waals surface area contributed by atoms with Gasteiger partial charge in [-0.2, -0.15) is 57.1 Å². The van der Waals surface area contributed by atoms with E-state index in [0.29, 0.717) is 35.1 Å². The van der Waals surface area contributed by atoms with Crippen LogP contribution in [0.4, 0.5) is 74.6 Å². The van der Waals surface area contributed by atoms with Crippen LogP contribution in [0, 0.1) is 6.07 Å². The number of hydrogen-bond donors (Lipinski definition) is 3. The van der Waals surface area contributed by atoms with E-state index in [-0.39, 0.29) is 89.8 Å². The standard InChI is InChI=1S/C31H17F7N.C29H20FN.C20H16BFO2.C9H6ClN.C5H10O2.2C2H2F4.4CH4.I3.Ir/c32-29(33,30(34,35)31(36,37)38)28(21-9-2-1-3-10-21)24-12-6-5-11-22(24)23-16-14-20(18-25(23)28)27-17-15-19-8-4-7-13-26(19)39-27;30-19-29(22-9-2-1-3-10-22)25-12-6-5-11-23(25)24-16-14-21(18-26(24)29)28-17-15-20-8-4-7-13-27(20)31-28;22-13-20(14-6-2-1-3-7-14)18-9-5-4-8-16(18)17-11-10-15(21(23)24)12-19(17)20;10-9-6-5-7-3-1-2-4-8(7)11-9;1-4(6)3-5(2)7;2*3-1-2(4,5)6;;;;;1-3-2;/h1-13,15-18H;1-18H,19H2;1-12,23-24H,13H2;1-6H;4,6H,3H2,1-2H3;2*1H2;4*1H4;;/q-1;;;;;;;;;;;-1;. The molecule has 697 valence electrons. The third kappa shape index (κ3) is 24.0. The number of ketones is 1. The number of halogens is 21. The van der Waals surface area contributed by atoms with Crippen LogP contribution in [0.2, 0.25) is 5.15 Å². The molecule has 7 nitrogen and oxygen atoms in total. The first-order valence-electron chi connectivity index (χ1n) is 38.7. The molecule has 0 fully saturated rings. The maximum atomic E-state index is 16.3. The topological polar surface area (TPSA) is 116 Å². The molecule has 0 saturated carbocycles. The Morgan fingerprint density at radius 1 is 0.432 bits per heavy atom. The summed E-state index contributed by atoms with van der Waals surface area (Å²) in [4.78, 5) is 23.7. The van der Waals surface area contributed by atoms with E-state index >= 15 is 13.2 Å². The van der Waals surface area contributed by atoms with Gasteiger partial charge in [0.1, 0.15) is 24.3 Å². The van der Waals surface area contributed by atoms with E-state index < -0.39 is 92.1 Å². The largest absolute Gasteiger partial charge is 0.488 e. The van der Waals surface area contributed by atoms with E-state index in [0.717, 1.165) is 106 Å². The van der Waals surface area contributed by atoms with Crippen LogP contribution in [0.25, 0.3) is 88.6 Å². The molecule has 0 aliphatic heterocycles. The quantitative estimate of drug-likeness (QED) is 0.0367. The third-order valence-electron chi connectivity index (χ3n) is 21.2. The number of nitrogens with zero attached hydrogens (tertiary/aromatic N) is 3. The number of aliphatic hydroxyl groups is 1. The molecule has 12 aromatic carbocycles. The van der Waals surface area contributed by atoms with Gasteiger partial charge in [-0.1, -0.05) is 319 Å². The van der Waals surface area contributed by atoms with Gasteiger partial charge in [0.25, 0.3) is 0 Å². The maximum absolute atomic E-state index is 16.3. The number of aromatic nitrogens is 3. The molecular formula is C102H89BClF17I3IrN3O4-2. The zero-order chi connectivity index (χ0) is 91.9. The number of carbonyl (C=O) groups excluding carboxylic acids is 1. The SMILES string of the molecule is C.C.C.C.CC(=O)CC(C)O.Clc1ccc2ccccc2n1.FC(F)(F)C(F)(F)C(F)(F)C1(c2ccccc2)c2ccccc2-c2c[c-]c(-c3ccc4ccccc4n3)cc21.FCC(F)(F)F.FCC(F)(F)F.FCC1(c2ccccc2)c2ccccc2-c2ccc(-c3ccc4ccccc4n3)cc21.I[I-]I.OB(O)c1ccc2c(c1)C(CF)(c1ccccc1)c1ccccc1-2.[Ir]. The van der Waals surface area contributed by atoms with Crippen molar-refractivity contribution in [3.63, 3.8) is 0 Å². The molecule has 3 aromatic heterocycles. The summed E-state index contributed by atoms with van der Waals surface area (Å²) >= 11 is 11.0. The number of benzene rings is 12. The fourth-order valence-corrected chi connectivity index (χ4v) is 15.9. The third-order valence-corrected chi connectivity index (χ3v) is 21.4. The van der Waals surface area contributed by atoms with Gasteiger partial charge in [0.05, 0.1) is 44.6 Å². The summed E-state index contributed by atoms with van der Waals surface area (Å²) < 4.78 is 217. The van der Waals surface area contributed by atoms with E-state index in [4.69, 9.17) is 21.7 Å². The summed E-state index contributed by atoms with van der Waals surface area (Å²) in [6.07, 6.45) is -16.0.